The molecule has 0 radical (unpaired) electrons. The molecular weight excluding hydrogens is 404 g/mol. The van der Waals surface area contributed by atoms with Gasteiger partial charge in [0.25, 0.3) is 0 Å². The van der Waals surface area contributed by atoms with Crippen LogP contribution in [0.25, 0.3) is 33.4 Å². The van der Waals surface area contributed by atoms with Crippen LogP contribution in [0.3, 0.4) is 0 Å². The standard InChI is InChI=1S/C31H30O2/c1-30(2)31(3,4)33-29(32-30)28-12-8-11-27(21-28)26-19-17-25(18-20-26)24-15-13-23(14-16-24)22-9-6-5-7-10-22/h5-21,29H,1-4H3. The molecule has 33 heavy (non-hydrogen) atoms. The average Bonchev–Trinajstić information content (AvgIpc) is 3.07. The average molecular weight is 435 g/mol. The number of benzene rings is 4. The van der Waals surface area contributed by atoms with Crippen LogP contribution < -0.4 is 0 Å². The molecule has 166 valence electrons. The van der Waals surface area contributed by atoms with Crippen molar-refractivity contribution in [1.29, 1.82) is 0 Å². The number of hydrogen-bond acceptors (Lipinski definition) is 2. The summed E-state index contributed by atoms with van der Waals surface area (Å²) in [4.78, 5) is 0. The highest BCUT2D eigenvalue weighted by Gasteiger charge is 2.49. The first-order valence-electron chi connectivity index (χ1n) is 11.5. The van der Waals surface area contributed by atoms with Crippen LogP contribution in [-0.2, 0) is 9.47 Å². The predicted octanol–water partition coefficient (Wildman–Crippen LogP) is 8.29. The van der Waals surface area contributed by atoms with E-state index in [-0.39, 0.29) is 17.5 Å². The van der Waals surface area contributed by atoms with E-state index < -0.39 is 0 Å². The van der Waals surface area contributed by atoms with Gasteiger partial charge in [-0.1, -0.05) is 97.1 Å². The minimum atomic E-state index is -0.350. The van der Waals surface area contributed by atoms with Crippen molar-refractivity contribution in [3.8, 4) is 33.4 Å². The summed E-state index contributed by atoms with van der Waals surface area (Å²) in [5.41, 5.74) is 7.60. The Morgan fingerprint density at radius 3 is 1.33 bits per heavy atom. The number of ether oxygens (including phenoxy) is 2. The Hall–Kier alpha value is -3.20. The molecule has 4 aromatic carbocycles. The second kappa shape index (κ2) is 8.30. The molecule has 1 fully saturated rings. The van der Waals surface area contributed by atoms with Crippen LogP contribution in [0.5, 0.6) is 0 Å². The molecule has 4 aromatic rings. The summed E-state index contributed by atoms with van der Waals surface area (Å²) < 4.78 is 12.5. The largest absolute Gasteiger partial charge is 0.339 e. The van der Waals surface area contributed by atoms with Gasteiger partial charge in [-0.3, -0.25) is 0 Å². The van der Waals surface area contributed by atoms with E-state index in [0.717, 1.165) is 11.1 Å². The van der Waals surface area contributed by atoms with Crippen LogP contribution in [0.4, 0.5) is 0 Å². The summed E-state index contributed by atoms with van der Waals surface area (Å²) in [7, 11) is 0. The highest BCUT2D eigenvalue weighted by molar-refractivity contribution is 5.73. The molecule has 1 aliphatic heterocycles. The maximum atomic E-state index is 6.24. The fourth-order valence-corrected chi connectivity index (χ4v) is 4.18. The smallest absolute Gasteiger partial charge is 0.185 e. The molecule has 1 saturated heterocycles. The number of rotatable bonds is 4. The first kappa shape index (κ1) is 21.6. The van der Waals surface area contributed by atoms with Crippen LogP contribution in [0.1, 0.15) is 39.5 Å². The lowest BCUT2D eigenvalue weighted by molar-refractivity contribution is -0.0895. The Bertz CT molecular complexity index is 1220. The molecule has 0 aliphatic carbocycles. The zero-order valence-electron chi connectivity index (χ0n) is 19.7. The van der Waals surface area contributed by atoms with Crippen molar-refractivity contribution in [3.63, 3.8) is 0 Å². The maximum Gasteiger partial charge on any atom is 0.185 e. The van der Waals surface area contributed by atoms with E-state index in [4.69, 9.17) is 9.47 Å². The molecule has 1 heterocycles. The molecule has 0 bridgehead atoms. The van der Waals surface area contributed by atoms with E-state index in [2.05, 4.69) is 125 Å². The molecule has 0 spiro atoms. The van der Waals surface area contributed by atoms with Gasteiger partial charge in [0.1, 0.15) is 0 Å². The lowest BCUT2D eigenvalue weighted by atomic mass is 9.90. The summed E-state index contributed by atoms with van der Waals surface area (Å²) in [5.74, 6) is 0. The van der Waals surface area contributed by atoms with Gasteiger partial charge < -0.3 is 9.47 Å². The van der Waals surface area contributed by atoms with Gasteiger partial charge in [-0.2, -0.15) is 0 Å². The fourth-order valence-electron chi connectivity index (χ4n) is 4.18. The van der Waals surface area contributed by atoms with Crippen LogP contribution >= 0.6 is 0 Å². The third-order valence-corrected chi connectivity index (χ3v) is 6.96. The number of hydrogen-bond donors (Lipinski definition) is 0. The van der Waals surface area contributed by atoms with Gasteiger partial charge in [0.15, 0.2) is 6.29 Å². The van der Waals surface area contributed by atoms with Crippen molar-refractivity contribution < 1.29 is 9.47 Å². The van der Waals surface area contributed by atoms with Crippen LogP contribution in [-0.4, -0.2) is 11.2 Å². The molecule has 0 saturated carbocycles. The topological polar surface area (TPSA) is 18.5 Å². The zero-order valence-corrected chi connectivity index (χ0v) is 19.7. The lowest BCUT2D eigenvalue weighted by Gasteiger charge is -2.30. The molecule has 0 aromatic heterocycles. The summed E-state index contributed by atoms with van der Waals surface area (Å²) in [5, 5.41) is 0. The van der Waals surface area contributed by atoms with Crippen molar-refractivity contribution in [2.24, 2.45) is 0 Å². The minimum absolute atomic E-state index is 0.342. The van der Waals surface area contributed by atoms with Gasteiger partial charge >= 0.3 is 0 Å². The Morgan fingerprint density at radius 2 is 0.848 bits per heavy atom. The highest BCUT2D eigenvalue weighted by Crippen LogP contribution is 2.45. The minimum Gasteiger partial charge on any atom is -0.339 e. The van der Waals surface area contributed by atoms with Crippen molar-refractivity contribution >= 4 is 0 Å². The molecule has 5 rings (SSSR count). The molecule has 2 heteroatoms. The van der Waals surface area contributed by atoms with E-state index in [1.165, 1.54) is 27.8 Å². The normalized spacial score (nSPS) is 17.2. The molecular formula is C31H30O2. The second-order valence-corrected chi connectivity index (χ2v) is 9.73. The fraction of sp³-hybridized carbons (Fsp3) is 0.226. The van der Waals surface area contributed by atoms with Crippen molar-refractivity contribution in [3.05, 3.63) is 109 Å². The quantitative estimate of drug-likeness (QED) is 0.322. The first-order valence-corrected chi connectivity index (χ1v) is 11.5. The molecule has 0 amide bonds. The van der Waals surface area contributed by atoms with E-state index in [9.17, 15) is 0 Å². The SMILES string of the molecule is CC1(C)OC(c2cccc(-c3ccc(-c4ccc(-c5ccccc5)cc4)cc3)c2)OC1(C)C. The molecule has 0 unspecified atom stereocenters. The molecule has 0 N–H and O–H groups in total. The Morgan fingerprint density at radius 1 is 0.455 bits per heavy atom. The van der Waals surface area contributed by atoms with Gasteiger partial charge in [0.2, 0.25) is 0 Å². The third-order valence-electron chi connectivity index (χ3n) is 6.96. The van der Waals surface area contributed by atoms with E-state index >= 15 is 0 Å². The Labute approximate surface area is 196 Å². The Kier molecular flexibility index (Phi) is 5.44. The van der Waals surface area contributed by atoms with E-state index in [1.54, 1.807) is 0 Å². The highest BCUT2D eigenvalue weighted by atomic mass is 16.7. The van der Waals surface area contributed by atoms with Gasteiger partial charge in [0.05, 0.1) is 11.2 Å². The van der Waals surface area contributed by atoms with Gasteiger partial charge in [0, 0.05) is 5.56 Å². The summed E-state index contributed by atoms with van der Waals surface area (Å²) >= 11 is 0. The maximum absolute atomic E-state index is 6.24. The predicted molar refractivity (Wildman–Crippen MR) is 136 cm³/mol. The van der Waals surface area contributed by atoms with Gasteiger partial charge in [-0.25, -0.2) is 0 Å². The lowest BCUT2D eigenvalue weighted by Crippen LogP contribution is -2.41. The summed E-state index contributed by atoms with van der Waals surface area (Å²) in [6, 6.07) is 36.4. The third kappa shape index (κ3) is 4.25. The van der Waals surface area contributed by atoms with Gasteiger partial charge in [-0.15, -0.1) is 0 Å². The summed E-state index contributed by atoms with van der Waals surface area (Å²) in [6.45, 7) is 8.34. The first-order chi connectivity index (χ1) is 15.8. The molecule has 2 nitrogen and oxygen atoms in total. The second-order valence-electron chi connectivity index (χ2n) is 9.73. The van der Waals surface area contributed by atoms with Crippen LogP contribution in [0, 0.1) is 0 Å². The van der Waals surface area contributed by atoms with Crippen molar-refractivity contribution in [2.45, 2.75) is 45.2 Å². The molecule has 0 atom stereocenters. The van der Waals surface area contributed by atoms with Gasteiger partial charge in [-0.05, 0) is 67.1 Å². The van der Waals surface area contributed by atoms with E-state index in [1.807, 2.05) is 6.07 Å². The van der Waals surface area contributed by atoms with Crippen molar-refractivity contribution in [2.75, 3.05) is 0 Å². The summed E-state index contributed by atoms with van der Waals surface area (Å²) in [6.07, 6.45) is -0.350. The Balaban J connectivity index is 1.36. The zero-order chi connectivity index (χ0) is 23.1. The molecule has 1 aliphatic rings. The van der Waals surface area contributed by atoms with Crippen molar-refractivity contribution in [1.82, 2.24) is 0 Å². The van der Waals surface area contributed by atoms with Crippen LogP contribution in [0.15, 0.2) is 103 Å². The van der Waals surface area contributed by atoms with E-state index in [0.29, 0.717) is 0 Å². The van der Waals surface area contributed by atoms with Crippen LogP contribution in [0.2, 0.25) is 0 Å². The monoisotopic (exact) mass is 434 g/mol.